The Hall–Kier alpha value is -4.10. The van der Waals surface area contributed by atoms with Crippen LogP contribution < -0.4 is 20.3 Å². The molecule has 0 atom stereocenters. The van der Waals surface area contributed by atoms with Gasteiger partial charge >= 0.3 is 0 Å². The molecule has 0 saturated carbocycles. The highest BCUT2D eigenvalue weighted by molar-refractivity contribution is 6.53. The van der Waals surface area contributed by atoms with E-state index in [0.717, 1.165) is 16.2 Å². The number of amides is 3. The molecule has 184 valence electrons. The molecule has 1 aliphatic heterocycles. The van der Waals surface area contributed by atoms with Crippen molar-refractivity contribution in [1.29, 1.82) is 0 Å². The Kier molecular flexibility index (Phi) is 7.41. The number of nitrogens with zero attached hydrogens (tertiary/aromatic N) is 1. The Morgan fingerprint density at radius 2 is 1.69 bits per heavy atom. The molecule has 36 heavy (non-hydrogen) atoms. The smallest absolute Gasteiger partial charge is 0.283 e. The number of nitrogens with one attached hydrogen (secondary N) is 2. The lowest BCUT2D eigenvalue weighted by atomic mass is 10.0. The van der Waals surface area contributed by atoms with Crippen LogP contribution in [0.3, 0.4) is 0 Å². The quantitative estimate of drug-likeness (QED) is 0.374. The first-order valence-electron chi connectivity index (χ1n) is 11.6. The maximum atomic E-state index is 13.1. The minimum Gasteiger partial charge on any atom is -0.494 e. The van der Waals surface area contributed by atoms with E-state index in [1.807, 2.05) is 31.2 Å². The second-order valence-electron chi connectivity index (χ2n) is 8.46. The van der Waals surface area contributed by atoms with Crippen molar-refractivity contribution in [3.63, 3.8) is 0 Å². The molecule has 0 aliphatic carbocycles. The molecule has 0 aromatic heterocycles. The van der Waals surface area contributed by atoms with Crippen LogP contribution in [-0.4, -0.2) is 24.3 Å². The topological polar surface area (TPSA) is 87.7 Å². The molecule has 0 bridgehead atoms. The van der Waals surface area contributed by atoms with Crippen molar-refractivity contribution in [1.82, 2.24) is 0 Å². The molecular weight excluding hydrogens is 478 g/mol. The zero-order valence-corrected chi connectivity index (χ0v) is 20.9. The molecule has 4 rings (SSSR count). The standard InChI is InChI=1S/C28H26ClN3O4/c1-4-36-21-14-12-20(13-15-21)32-27(34)24(29)25(28(32)35)30-19-9-7-8-18(16-19)26(33)31-23-11-6-5-10-22(23)17(2)3/h5-17,30H,4H2,1-3H3,(H,31,33). The Balaban J connectivity index is 1.52. The van der Waals surface area contributed by atoms with Gasteiger partial charge < -0.3 is 15.4 Å². The van der Waals surface area contributed by atoms with Gasteiger partial charge in [-0.3, -0.25) is 14.4 Å². The third-order valence-electron chi connectivity index (χ3n) is 5.66. The van der Waals surface area contributed by atoms with Crippen LogP contribution in [0.25, 0.3) is 0 Å². The Labute approximate surface area is 214 Å². The van der Waals surface area contributed by atoms with Crippen LogP contribution in [0.5, 0.6) is 5.75 Å². The van der Waals surface area contributed by atoms with Gasteiger partial charge in [0.25, 0.3) is 17.7 Å². The van der Waals surface area contributed by atoms with Crippen molar-refractivity contribution < 1.29 is 19.1 Å². The van der Waals surface area contributed by atoms with Gasteiger partial charge in [-0.25, -0.2) is 4.90 Å². The normalized spacial score (nSPS) is 13.4. The highest BCUT2D eigenvalue weighted by atomic mass is 35.5. The summed E-state index contributed by atoms with van der Waals surface area (Å²) in [5, 5.41) is 5.65. The summed E-state index contributed by atoms with van der Waals surface area (Å²) in [5.41, 5.74) is 2.92. The van der Waals surface area contributed by atoms with Gasteiger partial charge in [0.2, 0.25) is 0 Å². The molecule has 2 N–H and O–H groups in total. The van der Waals surface area contributed by atoms with Gasteiger partial charge in [-0.05, 0) is 66.9 Å². The third kappa shape index (κ3) is 5.11. The molecule has 3 aromatic rings. The van der Waals surface area contributed by atoms with Crippen LogP contribution in [-0.2, 0) is 9.59 Å². The molecule has 0 fully saturated rings. The summed E-state index contributed by atoms with van der Waals surface area (Å²) in [7, 11) is 0. The van der Waals surface area contributed by atoms with E-state index in [1.165, 1.54) is 0 Å². The molecule has 0 saturated heterocycles. The second kappa shape index (κ2) is 10.7. The molecule has 1 aliphatic rings. The van der Waals surface area contributed by atoms with Crippen molar-refractivity contribution in [3.05, 3.63) is 94.7 Å². The molecule has 7 nitrogen and oxygen atoms in total. The van der Waals surface area contributed by atoms with Crippen LogP contribution in [0.15, 0.2) is 83.5 Å². The number of hydrogen-bond donors (Lipinski definition) is 2. The van der Waals surface area contributed by atoms with E-state index >= 15 is 0 Å². The van der Waals surface area contributed by atoms with E-state index in [4.69, 9.17) is 16.3 Å². The van der Waals surface area contributed by atoms with E-state index in [2.05, 4.69) is 24.5 Å². The van der Waals surface area contributed by atoms with E-state index in [1.54, 1.807) is 48.5 Å². The maximum absolute atomic E-state index is 13.1. The first-order valence-corrected chi connectivity index (χ1v) is 12.0. The number of carbonyl (C=O) groups is 3. The van der Waals surface area contributed by atoms with E-state index in [9.17, 15) is 14.4 Å². The fraction of sp³-hybridized carbons (Fsp3) is 0.179. The molecule has 0 radical (unpaired) electrons. The second-order valence-corrected chi connectivity index (χ2v) is 8.84. The van der Waals surface area contributed by atoms with E-state index in [0.29, 0.717) is 29.3 Å². The van der Waals surface area contributed by atoms with E-state index in [-0.39, 0.29) is 22.6 Å². The minimum absolute atomic E-state index is 0.0572. The summed E-state index contributed by atoms with van der Waals surface area (Å²) in [5.74, 6) is -0.643. The number of hydrogen-bond acceptors (Lipinski definition) is 5. The van der Waals surface area contributed by atoms with Crippen molar-refractivity contribution >= 4 is 46.4 Å². The van der Waals surface area contributed by atoms with Crippen molar-refractivity contribution in [2.24, 2.45) is 0 Å². The van der Waals surface area contributed by atoms with Crippen LogP contribution >= 0.6 is 11.6 Å². The number of halogens is 1. The number of para-hydroxylation sites is 1. The van der Waals surface area contributed by atoms with Crippen LogP contribution in [0.1, 0.15) is 42.6 Å². The van der Waals surface area contributed by atoms with Gasteiger partial charge in [-0.2, -0.15) is 0 Å². The van der Waals surface area contributed by atoms with Gasteiger partial charge in [0, 0.05) is 16.9 Å². The summed E-state index contributed by atoms with van der Waals surface area (Å²) < 4.78 is 5.41. The largest absolute Gasteiger partial charge is 0.494 e. The number of anilines is 3. The zero-order chi connectivity index (χ0) is 25.8. The van der Waals surface area contributed by atoms with Crippen molar-refractivity contribution in [2.45, 2.75) is 26.7 Å². The lowest BCUT2D eigenvalue weighted by Gasteiger charge is -2.16. The molecule has 3 amide bonds. The predicted molar refractivity (Wildman–Crippen MR) is 142 cm³/mol. The average Bonchev–Trinajstić information content (AvgIpc) is 3.08. The van der Waals surface area contributed by atoms with Gasteiger partial charge in [-0.1, -0.05) is 49.7 Å². The fourth-order valence-corrected chi connectivity index (χ4v) is 4.11. The van der Waals surface area contributed by atoms with Gasteiger partial charge in [0.05, 0.1) is 12.3 Å². The van der Waals surface area contributed by atoms with Crippen molar-refractivity contribution in [2.75, 3.05) is 22.1 Å². The lowest BCUT2D eigenvalue weighted by Crippen LogP contribution is -2.32. The minimum atomic E-state index is -0.632. The van der Waals surface area contributed by atoms with E-state index < -0.39 is 11.8 Å². The Morgan fingerprint density at radius 3 is 2.39 bits per heavy atom. The molecular formula is C28H26ClN3O4. The monoisotopic (exact) mass is 503 g/mol. The SMILES string of the molecule is CCOc1ccc(N2C(=O)C(Cl)=C(Nc3cccc(C(=O)Nc4ccccc4C(C)C)c3)C2=O)cc1. The summed E-state index contributed by atoms with van der Waals surface area (Å²) >= 11 is 6.26. The predicted octanol–water partition coefficient (Wildman–Crippen LogP) is 5.90. The highest BCUT2D eigenvalue weighted by Crippen LogP contribution is 2.31. The number of carbonyl (C=O) groups excluding carboxylic acids is 3. The lowest BCUT2D eigenvalue weighted by molar-refractivity contribution is -0.120. The summed E-state index contributed by atoms with van der Waals surface area (Å²) in [6, 6.07) is 20.9. The van der Waals surface area contributed by atoms with Gasteiger partial charge in [-0.15, -0.1) is 0 Å². The zero-order valence-electron chi connectivity index (χ0n) is 20.2. The third-order valence-corrected chi connectivity index (χ3v) is 6.01. The van der Waals surface area contributed by atoms with Crippen LogP contribution in [0.4, 0.5) is 17.1 Å². The maximum Gasteiger partial charge on any atom is 0.283 e. The average molecular weight is 504 g/mol. The number of ether oxygens (including phenoxy) is 1. The van der Waals surface area contributed by atoms with Crippen LogP contribution in [0, 0.1) is 0 Å². The fourth-order valence-electron chi connectivity index (χ4n) is 3.90. The molecule has 0 unspecified atom stereocenters. The Bertz CT molecular complexity index is 1350. The molecule has 1 heterocycles. The summed E-state index contributed by atoms with van der Waals surface area (Å²) in [6.07, 6.45) is 0. The molecule has 3 aromatic carbocycles. The number of benzene rings is 3. The number of rotatable bonds is 8. The van der Waals surface area contributed by atoms with Crippen LogP contribution in [0.2, 0.25) is 0 Å². The van der Waals surface area contributed by atoms with Gasteiger partial charge in [0.15, 0.2) is 0 Å². The Morgan fingerprint density at radius 1 is 0.972 bits per heavy atom. The summed E-state index contributed by atoms with van der Waals surface area (Å²) in [4.78, 5) is 39.8. The summed E-state index contributed by atoms with van der Waals surface area (Å²) in [6.45, 7) is 6.49. The number of imide groups is 1. The highest BCUT2D eigenvalue weighted by Gasteiger charge is 2.39. The van der Waals surface area contributed by atoms with Crippen molar-refractivity contribution in [3.8, 4) is 5.75 Å². The van der Waals surface area contributed by atoms with Gasteiger partial charge in [0.1, 0.15) is 16.5 Å². The first kappa shape index (κ1) is 25.0. The molecule has 8 heteroatoms. The molecule has 0 spiro atoms. The first-order chi connectivity index (χ1) is 17.3.